The van der Waals surface area contributed by atoms with Gasteiger partial charge in [-0.3, -0.25) is 9.78 Å². The Hall–Kier alpha value is -1.41. The van der Waals surface area contributed by atoms with E-state index in [-0.39, 0.29) is 11.7 Å². The van der Waals surface area contributed by atoms with Gasteiger partial charge in [0, 0.05) is 18.0 Å². The van der Waals surface area contributed by atoms with Crippen molar-refractivity contribution in [3.8, 4) is 0 Å². The molecule has 0 unspecified atom stereocenters. The first-order valence-electron chi connectivity index (χ1n) is 4.28. The van der Waals surface area contributed by atoms with Crippen molar-refractivity contribution in [3.05, 3.63) is 42.1 Å². The van der Waals surface area contributed by atoms with E-state index < -0.39 is 0 Å². The zero-order valence-corrected chi connectivity index (χ0v) is 8.16. The van der Waals surface area contributed by atoms with Gasteiger partial charge in [-0.25, -0.2) is 0 Å². The lowest BCUT2D eigenvalue weighted by Crippen LogP contribution is -1.95. The molecule has 2 rings (SSSR count). The van der Waals surface area contributed by atoms with E-state index in [1.54, 1.807) is 6.20 Å². The number of carbonyl (C=O) groups is 1. The number of hydrogen-bond acceptors (Lipinski definition) is 2. The Morgan fingerprint density at radius 3 is 2.86 bits per heavy atom. The van der Waals surface area contributed by atoms with Gasteiger partial charge >= 0.3 is 0 Å². The van der Waals surface area contributed by atoms with Crippen molar-refractivity contribution in [2.24, 2.45) is 0 Å². The third-order valence-electron chi connectivity index (χ3n) is 2.07. The predicted octanol–water partition coefficient (Wildman–Crippen LogP) is 2.54. The zero-order valence-electron chi connectivity index (χ0n) is 7.40. The molecule has 2 nitrogen and oxygen atoms in total. The number of carbonyl (C=O) groups excluding carboxylic acids is 1. The summed E-state index contributed by atoms with van der Waals surface area (Å²) in [4.78, 5) is 15.0. The molecule has 0 saturated carbocycles. The van der Waals surface area contributed by atoms with Crippen molar-refractivity contribution < 1.29 is 4.79 Å². The maximum atomic E-state index is 10.8. The lowest BCUT2D eigenvalue weighted by atomic mass is 10.1. The van der Waals surface area contributed by atoms with Crippen molar-refractivity contribution >= 4 is 27.7 Å². The summed E-state index contributed by atoms with van der Waals surface area (Å²) in [6.07, 6.45) is 1.95. The second-order valence-corrected chi connectivity index (χ2v) is 3.44. The molecule has 0 aliphatic carbocycles. The van der Waals surface area contributed by atoms with Crippen LogP contribution in [0.15, 0.2) is 36.5 Å². The van der Waals surface area contributed by atoms with Crippen molar-refractivity contribution in [3.63, 3.8) is 0 Å². The third kappa shape index (κ3) is 1.75. The van der Waals surface area contributed by atoms with Crippen molar-refractivity contribution in [1.29, 1.82) is 0 Å². The van der Waals surface area contributed by atoms with Crippen LogP contribution in [0.5, 0.6) is 0 Å². The first kappa shape index (κ1) is 9.16. The van der Waals surface area contributed by atoms with E-state index in [1.165, 1.54) is 0 Å². The van der Waals surface area contributed by atoms with E-state index in [2.05, 4.69) is 4.98 Å². The highest BCUT2D eigenvalue weighted by atomic mass is 35.5. The fraction of sp³-hybridized carbons (Fsp3) is 0.0909. The number of benzene rings is 1. The summed E-state index contributed by atoms with van der Waals surface area (Å²) in [6.45, 7) is 0. The monoisotopic (exact) mass is 205 g/mol. The van der Waals surface area contributed by atoms with E-state index in [4.69, 9.17) is 11.6 Å². The van der Waals surface area contributed by atoms with Gasteiger partial charge in [-0.2, -0.15) is 0 Å². The molecule has 0 amide bonds. The number of nitrogens with zero attached hydrogens (tertiary/aromatic N) is 1. The van der Waals surface area contributed by atoms with Crippen molar-refractivity contribution in [2.45, 2.75) is 6.42 Å². The van der Waals surface area contributed by atoms with Gasteiger partial charge in [0.1, 0.15) is 0 Å². The minimum Gasteiger partial charge on any atom is -0.281 e. The van der Waals surface area contributed by atoms with Crippen LogP contribution in [-0.2, 0) is 11.2 Å². The summed E-state index contributed by atoms with van der Waals surface area (Å²) < 4.78 is 0. The highest BCUT2D eigenvalue weighted by Gasteiger charge is 2.04. The molecule has 0 aliphatic heterocycles. The molecule has 2 aromatic rings. The molecule has 0 spiro atoms. The lowest BCUT2D eigenvalue weighted by molar-refractivity contribution is -0.111. The Balaban J connectivity index is 2.59. The number of para-hydroxylation sites is 1. The van der Waals surface area contributed by atoms with Crippen LogP contribution in [0.4, 0.5) is 0 Å². The van der Waals surface area contributed by atoms with Gasteiger partial charge in [-0.15, -0.1) is 0 Å². The quantitative estimate of drug-likeness (QED) is 0.706. The van der Waals surface area contributed by atoms with Gasteiger partial charge in [0.15, 0.2) is 0 Å². The SMILES string of the molecule is O=C(Cl)Cc1ccnc2ccccc12. The molecule has 0 atom stereocenters. The number of halogens is 1. The van der Waals surface area contributed by atoms with Crippen LogP contribution in [0.25, 0.3) is 10.9 Å². The van der Waals surface area contributed by atoms with Gasteiger partial charge < -0.3 is 0 Å². The van der Waals surface area contributed by atoms with E-state index in [0.717, 1.165) is 16.5 Å². The Bertz CT molecular complexity index is 476. The molecule has 1 aromatic carbocycles. The second-order valence-electron chi connectivity index (χ2n) is 3.02. The van der Waals surface area contributed by atoms with Gasteiger partial charge in [-0.1, -0.05) is 18.2 Å². The van der Waals surface area contributed by atoms with Crippen LogP contribution in [0, 0.1) is 0 Å². The highest BCUT2D eigenvalue weighted by Crippen LogP contribution is 2.16. The molecule has 1 aromatic heterocycles. The molecule has 0 fully saturated rings. The maximum Gasteiger partial charge on any atom is 0.226 e. The first-order chi connectivity index (χ1) is 6.77. The van der Waals surface area contributed by atoms with E-state index in [0.29, 0.717) is 0 Å². The first-order valence-corrected chi connectivity index (χ1v) is 4.66. The standard InChI is InChI=1S/C11H8ClNO/c12-11(14)7-8-5-6-13-10-4-2-1-3-9(8)10/h1-6H,7H2. The lowest BCUT2D eigenvalue weighted by Gasteiger charge is -2.02. The molecule has 14 heavy (non-hydrogen) atoms. The predicted molar refractivity (Wildman–Crippen MR) is 56.3 cm³/mol. The number of fused-ring (bicyclic) bond motifs is 1. The zero-order chi connectivity index (χ0) is 9.97. The van der Waals surface area contributed by atoms with Gasteiger partial charge in [0.05, 0.1) is 5.52 Å². The summed E-state index contributed by atoms with van der Waals surface area (Å²) in [5.41, 5.74) is 1.82. The number of rotatable bonds is 2. The molecule has 0 N–H and O–H groups in total. The van der Waals surface area contributed by atoms with Crippen LogP contribution in [0.2, 0.25) is 0 Å². The molecule has 1 heterocycles. The minimum atomic E-state index is -0.346. The highest BCUT2D eigenvalue weighted by molar-refractivity contribution is 6.63. The molecule has 0 radical (unpaired) electrons. The average molecular weight is 206 g/mol. The number of aromatic nitrogens is 1. The Morgan fingerprint density at radius 2 is 2.07 bits per heavy atom. The summed E-state index contributed by atoms with van der Waals surface area (Å²) in [6, 6.07) is 9.52. The Kier molecular flexibility index (Phi) is 2.46. The third-order valence-corrected chi connectivity index (χ3v) is 2.20. The van der Waals surface area contributed by atoms with E-state index in [9.17, 15) is 4.79 Å². The van der Waals surface area contributed by atoms with Crippen LogP contribution >= 0.6 is 11.6 Å². The summed E-state index contributed by atoms with van der Waals surface area (Å²) in [5, 5.41) is 0.644. The van der Waals surface area contributed by atoms with Crippen molar-refractivity contribution in [2.75, 3.05) is 0 Å². The second kappa shape index (κ2) is 3.76. The average Bonchev–Trinajstić information content (AvgIpc) is 2.18. The van der Waals surface area contributed by atoms with Crippen LogP contribution in [0.1, 0.15) is 5.56 Å². The topological polar surface area (TPSA) is 30.0 Å². The van der Waals surface area contributed by atoms with Gasteiger partial charge in [0.25, 0.3) is 0 Å². The summed E-state index contributed by atoms with van der Waals surface area (Å²) in [5.74, 6) is 0. The molecule has 0 bridgehead atoms. The summed E-state index contributed by atoms with van der Waals surface area (Å²) >= 11 is 5.35. The van der Waals surface area contributed by atoms with Crippen molar-refractivity contribution in [1.82, 2.24) is 4.98 Å². The van der Waals surface area contributed by atoms with Crippen LogP contribution in [-0.4, -0.2) is 10.2 Å². The molecular weight excluding hydrogens is 198 g/mol. The molecule has 0 saturated heterocycles. The fourth-order valence-corrected chi connectivity index (χ4v) is 1.60. The Labute approximate surface area is 86.5 Å². The normalized spacial score (nSPS) is 10.4. The maximum absolute atomic E-state index is 10.8. The fourth-order valence-electron chi connectivity index (χ4n) is 1.46. The Morgan fingerprint density at radius 1 is 1.29 bits per heavy atom. The largest absolute Gasteiger partial charge is 0.281 e. The summed E-state index contributed by atoms with van der Waals surface area (Å²) in [7, 11) is 0. The van der Waals surface area contributed by atoms with Crippen LogP contribution < -0.4 is 0 Å². The number of pyridine rings is 1. The smallest absolute Gasteiger partial charge is 0.226 e. The molecule has 3 heteroatoms. The van der Waals surface area contributed by atoms with E-state index in [1.807, 2.05) is 30.3 Å². The molecular formula is C11H8ClNO. The van der Waals surface area contributed by atoms with Gasteiger partial charge in [-0.05, 0) is 29.3 Å². The van der Waals surface area contributed by atoms with Gasteiger partial charge in [0.2, 0.25) is 5.24 Å². The number of hydrogen-bond donors (Lipinski definition) is 0. The minimum absolute atomic E-state index is 0.255. The molecule has 0 aliphatic rings. The van der Waals surface area contributed by atoms with Crippen LogP contribution in [0.3, 0.4) is 0 Å². The van der Waals surface area contributed by atoms with E-state index >= 15 is 0 Å². The molecule has 70 valence electrons.